The Kier molecular flexibility index (Phi) is 4.02. The topological polar surface area (TPSA) is 24.9 Å². The molecule has 0 bridgehead atoms. The SMILES string of the molecule is Cc1cncc(CNc2c(C)cc(C)cc2Br)c1. The number of pyridine rings is 1. The van der Waals surface area contributed by atoms with E-state index in [1.165, 1.54) is 22.3 Å². The van der Waals surface area contributed by atoms with Crippen LogP contribution in [0.25, 0.3) is 0 Å². The fourth-order valence-electron chi connectivity index (χ4n) is 2.04. The molecule has 0 radical (unpaired) electrons. The van der Waals surface area contributed by atoms with E-state index in [1.54, 1.807) is 0 Å². The Balaban J connectivity index is 2.16. The molecule has 1 heterocycles. The molecule has 2 aromatic rings. The summed E-state index contributed by atoms with van der Waals surface area (Å²) >= 11 is 3.61. The number of anilines is 1. The van der Waals surface area contributed by atoms with Crippen molar-refractivity contribution in [2.24, 2.45) is 0 Å². The molecule has 2 nitrogen and oxygen atoms in total. The molecule has 0 atom stereocenters. The van der Waals surface area contributed by atoms with E-state index in [9.17, 15) is 0 Å². The summed E-state index contributed by atoms with van der Waals surface area (Å²) in [6.45, 7) is 7.07. The summed E-state index contributed by atoms with van der Waals surface area (Å²) in [5, 5.41) is 3.47. The smallest absolute Gasteiger partial charge is 0.0517 e. The maximum atomic E-state index is 4.20. The first-order chi connectivity index (χ1) is 8.56. The average Bonchev–Trinajstić information content (AvgIpc) is 2.27. The van der Waals surface area contributed by atoms with Gasteiger partial charge < -0.3 is 5.32 Å². The zero-order chi connectivity index (χ0) is 13.1. The number of aryl methyl sites for hydroxylation is 3. The molecule has 18 heavy (non-hydrogen) atoms. The van der Waals surface area contributed by atoms with E-state index in [2.05, 4.69) is 65.2 Å². The quantitative estimate of drug-likeness (QED) is 0.910. The number of hydrogen-bond acceptors (Lipinski definition) is 2. The van der Waals surface area contributed by atoms with Crippen molar-refractivity contribution < 1.29 is 0 Å². The van der Waals surface area contributed by atoms with E-state index in [1.807, 2.05) is 12.4 Å². The van der Waals surface area contributed by atoms with Gasteiger partial charge in [0.15, 0.2) is 0 Å². The lowest BCUT2D eigenvalue weighted by molar-refractivity contribution is 1.09. The zero-order valence-corrected chi connectivity index (χ0v) is 12.5. The summed E-state index contributed by atoms with van der Waals surface area (Å²) in [5.41, 5.74) is 6.06. The first-order valence-electron chi connectivity index (χ1n) is 5.97. The molecular weight excluding hydrogens is 288 g/mol. The largest absolute Gasteiger partial charge is 0.380 e. The van der Waals surface area contributed by atoms with Crippen LogP contribution in [0.15, 0.2) is 35.1 Å². The van der Waals surface area contributed by atoms with Gasteiger partial charge in [0.1, 0.15) is 0 Å². The van der Waals surface area contributed by atoms with Crippen LogP contribution in [0.2, 0.25) is 0 Å². The van der Waals surface area contributed by atoms with Gasteiger partial charge in [0.25, 0.3) is 0 Å². The molecule has 1 N–H and O–H groups in total. The third kappa shape index (κ3) is 3.10. The van der Waals surface area contributed by atoms with Gasteiger partial charge >= 0.3 is 0 Å². The molecule has 0 unspecified atom stereocenters. The summed E-state index contributed by atoms with van der Waals surface area (Å²) in [6, 6.07) is 6.46. The molecule has 3 heteroatoms. The molecule has 0 amide bonds. The van der Waals surface area contributed by atoms with Crippen molar-refractivity contribution in [2.75, 3.05) is 5.32 Å². The molecule has 0 spiro atoms. The number of nitrogens with one attached hydrogen (secondary N) is 1. The second-order valence-electron chi connectivity index (χ2n) is 4.66. The Bertz CT molecular complexity index is 541. The highest BCUT2D eigenvalue weighted by molar-refractivity contribution is 9.10. The molecular formula is C15H17BrN2. The van der Waals surface area contributed by atoms with Gasteiger partial charge in [0, 0.05) is 23.4 Å². The molecule has 0 aliphatic rings. The first kappa shape index (κ1) is 13.1. The van der Waals surface area contributed by atoms with E-state index in [0.717, 1.165) is 16.7 Å². The van der Waals surface area contributed by atoms with Crippen molar-refractivity contribution in [1.29, 1.82) is 0 Å². The van der Waals surface area contributed by atoms with Gasteiger partial charge in [-0.05, 0) is 65.0 Å². The molecule has 0 aliphatic heterocycles. The number of benzene rings is 1. The average molecular weight is 305 g/mol. The normalized spacial score (nSPS) is 10.4. The zero-order valence-electron chi connectivity index (χ0n) is 10.9. The molecule has 0 aliphatic carbocycles. The van der Waals surface area contributed by atoms with Gasteiger partial charge in [0.05, 0.1) is 5.69 Å². The van der Waals surface area contributed by atoms with Gasteiger partial charge in [0.2, 0.25) is 0 Å². The van der Waals surface area contributed by atoms with Gasteiger partial charge in [-0.25, -0.2) is 0 Å². The van der Waals surface area contributed by atoms with Crippen molar-refractivity contribution in [3.8, 4) is 0 Å². The molecule has 0 saturated heterocycles. The van der Waals surface area contributed by atoms with E-state index in [0.29, 0.717) is 0 Å². The maximum absolute atomic E-state index is 4.20. The van der Waals surface area contributed by atoms with Crippen LogP contribution in [-0.4, -0.2) is 4.98 Å². The van der Waals surface area contributed by atoms with Crippen LogP contribution in [0.4, 0.5) is 5.69 Å². The first-order valence-corrected chi connectivity index (χ1v) is 6.76. The van der Waals surface area contributed by atoms with Crippen LogP contribution in [0.3, 0.4) is 0 Å². The van der Waals surface area contributed by atoms with Crippen LogP contribution in [-0.2, 0) is 6.54 Å². The standard InChI is InChI=1S/C15H17BrN2/c1-10-4-12(3)15(14(16)6-10)18-9-13-5-11(2)7-17-8-13/h4-8,18H,9H2,1-3H3. The van der Waals surface area contributed by atoms with Crippen molar-refractivity contribution in [3.63, 3.8) is 0 Å². The van der Waals surface area contributed by atoms with Crippen LogP contribution in [0, 0.1) is 20.8 Å². The highest BCUT2D eigenvalue weighted by atomic mass is 79.9. The van der Waals surface area contributed by atoms with Crippen LogP contribution in [0.1, 0.15) is 22.3 Å². The molecule has 2 rings (SSSR count). The summed E-state index contributed by atoms with van der Waals surface area (Å²) in [7, 11) is 0. The molecule has 0 saturated carbocycles. The van der Waals surface area contributed by atoms with E-state index >= 15 is 0 Å². The lowest BCUT2D eigenvalue weighted by Crippen LogP contribution is -2.03. The Morgan fingerprint density at radius 2 is 1.83 bits per heavy atom. The second kappa shape index (κ2) is 5.53. The van der Waals surface area contributed by atoms with Gasteiger partial charge in [-0.15, -0.1) is 0 Å². The summed E-state index contributed by atoms with van der Waals surface area (Å²) in [5.74, 6) is 0. The number of hydrogen-bond donors (Lipinski definition) is 1. The van der Waals surface area contributed by atoms with Crippen molar-refractivity contribution in [1.82, 2.24) is 4.98 Å². The van der Waals surface area contributed by atoms with Crippen LogP contribution in [0.5, 0.6) is 0 Å². The predicted octanol–water partition coefficient (Wildman–Crippen LogP) is 4.38. The summed E-state index contributed by atoms with van der Waals surface area (Å²) in [6.07, 6.45) is 3.77. The lowest BCUT2D eigenvalue weighted by atomic mass is 10.1. The molecule has 1 aromatic carbocycles. The third-order valence-electron chi connectivity index (χ3n) is 2.83. The van der Waals surface area contributed by atoms with E-state index in [-0.39, 0.29) is 0 Å². The fourth-order valence-corrected chi connectivity index (χ4v) is 2.86. The monoisotopic (exact) mass is 304 g/mol. The number of halogens is 1. The molecule has 0 fully saturated rings. The molecule has 94 valence electrons. The van der Waals surface area contributed by atoms with Crippen molar-refractivity contribution in [3.05, 3.63) is 57.3 Å². The highest BCUT2D eigenvalue weighted by Gasteiger charge is 2.04. The van der Waals surface area contributed by atoms with Crippen LogP contribution >= 0.6 is 15.9 Å². The van der Waals surface area contributed by atoms with E-state index in [4.69, 9.17) is 0 Å². The van der Waals surface area contributed by atoms with E-state index < -0.39 is 0 Å². The second-order valence-corrected chi connectivity index (χ2v) is 5.52. The highest BCUT2D eigenvalue weighted by Crippen LogP contribution is 2.28. The predicted molar refractivity (Wildman–Crippen MR) is 79.9 cm³/mol. The Hall–Kier alpha value is -1.35. The third-order valence-corrected chi connectivity index (χ3v) is 3.46. The fraction of sp³-hybridized carbons (Fsp3) is 0.267. The molecule has 1 aromatic heterocycles. The minimum atomic E-state index is 0.789. The van der Waals surface area contributed by atoms with Gasteiger partial charge in [-0.1, -0.05) is 12.1 Å². The minimum Gasteiger partial charge on any atom is -0.380 e. The van der Waals surface area contributed by atoms with Crippen LogP contribution < -0.4 is 5.32 Å². The van der Waals surface area contributed by atoms with Crippen molar-refractivity contribution in [2.45, 2.75) is 27.3 Å². The minimum absolute atomic E-state index is 0.789. The number of nitrogens with zero attached hydrogens (tertiary/aromatic N) is 1. The van der Waals surface area contributed by atoms with Gasteiger partial charge in [-0.3, -0.25) is 4.98 Å². The Morgan fingerprint density at radius 1 is 1.06 bits per heavy atom. The Morgan fingerprint density at radius 3 is 2.50 bits per heavy atom. The summed E-state index contributed by atoms with van der Waals surface area (Å²) < 4.78 is 1.11. The number of aromatic nitrogens is 1. The number of rotatable bonds is 3. The summed E-state index contributed by atoms with van der Waals surface area (Å²) in [4.78, 5) is 4.20. The van der Waals surface area contributed by atoms with Gasteiger partial charge in [-0.2, -0.15) is 0 Å². The lowest BCUT2D eigenvalue weighted by Gasteiger charge is -2.13. The Labute approximate surface area is 117 Å². The maximum Gasteiger partial charge on any atom is 0.0517 e. The van der Waals surface area contributed by atoms with Crippen molar-refractivity contribution >= 4 is 21.6 Å².